The molecule has 0 unspecified atom stereocenters. The minimum atomic E-state index is -0.576. The Morgan fingerprint density at radius 2 is 1.83 bits per heavy atom. The summed E-state index contributed by atoms with van der Waals surface area (Å²) >= 11 is 0. The third-order valence-electron chi connectivity index (χ3n) is 5.82. The van der Waals surface area contributed by atoms with Crippen LogP contribution < -0.4 is 4.90 Å². The van der Waals surface area contributed by atoms with Crippen LogP contribution in [-0.2, 0) is 11.3 Å². The number of pyridine rings is 1. The molecule has 0 saturated heterocycles. The highest BCUT2D eigenvalue weighted by Gasteiger charge is 2.23. The van der Waals surface area contributed by atoms with Crippen LogP contribution in [0.3, 0.4) is 0 Å². The highest BCUT2D eigenvalue weighted by molar-refractivity contribution is 6.06. The van der Waals surface area contributed by atoms with Crippen molar-refractivity contribution >= 4 is 28.6 Å². The normalized spacial score (nSPS) is 11.0. The lowest BCUT2D eigenvalue weighted by Gasteiger charge is -2.20. The van der Waals surface area contributed by atoms with Gasteiger partial charge in [-0.3, -0.25) is 9.48 Å². The van der Waals surface area contributed by atoms with Crippen molar-refractivity contribution in [2.24, 2.45) is 0 Å². The van der Waals surface area contributed by atoms with E-state index < -0.39 is 5.97 Å². The summed E-state index contributed by atoms with van der Waals surface area (Å²) in [4.78, 5) is 40.6. The Labute approximate surface area is 203 Å². The van der Waals surface area contributed by atoms with Gasteiger partial charge >= 0.3 is 5.97 Å². The van der Waals surface area contributed by atoms with Crippen molar-refractivity contribution in [1.82, 2.24) is 24.7 Å². The van der Waals surface area contributed by atoms with Gasteiger partial charge < -0.3 is 9.64 Å². The van der Waals surface area contributed by atoms with E-state index in [0.29, 0.717) is 18.1 Å². The average molecular weight is 473 g/mol. The van der Waals surface area contributed by atoms with Gasteiger partial charge in [-0.2, -0.15) is 5.10 Å². The van der Waals surface area contributed by atoms with Gasteiger partial charge in [0.1, 0.15) is 11.2 Å². The van der Waals surface area contributed by atoms with Crippen LogP contribution in [0.2, 0.25) is 0 Å². The summed E-state index contributed by atoms with van der Waals surface area (Å²) < 4.78 is 6.32. The summed E-state index contributed by atoms with van der Waals surface area (Å²) in [5, 5.41) is 4.25. The molecule has 9 heteroatoms. The zero-order valence-electron chi connectivity index (χ0n) is 20.8. The Balaban J connectivity index is 1.66. The minimum absolute atomic E-state index is 0.109. The van der Waals surface area contributed by atoms with Crippen molar-refractivity contribution in [3.05, 3.63) is 64.7 Å². The number of fused-ring (bicyclic) bond motifs is 1. The molecule has 9 nitrogen and oxygen atoms in total. The molecular formula is C26H28N6O3. The lowest BCUT2D eigenvalue weighted by molar-refractivity contribution is 0.0592. The van der Waals surface area contributed by atoms with E-state index in [2.05, 4.69) is 15.1 Å². The lowest BCUT2D eigenvalue weighted by atomic mass is 10.1. The maximum absolute atomic E-state index is 13.4. The van der Waals surface area contributed by atoms with E-state index in [4.69, 9.17) is 9.72 Å². The molecule has 1 amide bonds. The molecule has 0 aliphatic heterocycles. The first-order chi connectivity index (χ1) is 16.7. The zero-order valence-corrected chi connectivity index (χ0v) is 20.8. The Bertz CT molecular complexity index is 1440. The number of hydrogen-bond donors (Lipinski definition) is 0. The van der Waals surface area contributed by atoms with Crippen molar-refractivity contribution in [3.8, 4) is 11.4 Å². The number of aromatic nitrogens is 5. The summed E-state index contributed by atoms with van der Waals surface area (Å²) in [6.07, 6.45) is 2.50. The fraction of sp³-hybridized carbons (Fsp3) is 0.308. The number of rotatable bonds is 6. The van der Waals surface area contributed by atoms with E-state index in [-0.39, 0.29) is 11.6 Å². The van der Waals surface area contributed by atoms with Crippen LogP contribution in [0.5, 0.6) is 0 Å². The van der Waals surface area contributed by atoms with Crippen LogP contribution in [0, 0.1) is 20.8 Å². The van der Waals surface area contributed by atoms with Gasteiger partial charge in [-0.1, -0.05) is 6.92 Å². The summed E-state index contributed by atoms with van der Waals surface area (Å²) in [6.45, 7) is 8.39. The molecule has 4 aromatic rings. The number of carbonyl (C=O) groups is 2. The fourth-order valence-electron chi connectivity index (χ4n) is 4.12. The van der Waals surface area contributed by atoms with Crippen LogP contribution in [0.1, 0.15) is 51.1 Å². The third-order valence-corrected chi connectivity index (χ3v) is 5.82. The first-order valence-corrected chi connectivity index (χ1v) is 11.4. The Morgan fingerprint density at radius 1 is 1.06 bits per heavy atom. The molecule has 0 saturated carbocycles. The van der Waals surface area contributed by atoms with Gasteiger partial charge in [0.25, 0.3) is 5.91 Å². The maximum Gasteiger partial charge on any atom is 0.358 e. The predicted molar refractivity (Wildman–Crippen MR) is 134 cm³/mol. The summed E-state index contributed by atoms with van der Waals surface area (Å²) in [5.74, 6) is -0.248. The first-order valence-electron chi connectivity index (χ1n) is 11.4. The summed E-state index contributed by atoms with van der Waals surface area (Å²) in [6, 6.07) is 9.21. The second kappa shape index (κ2) is 9.61. The molecule has 0 bridgehead atoms. The monoisotopic (exact) mass is 472 g/mol. The topological polar surface area (TPSA) is 103 Å². The smallest absolute Gasteiger partial charge is 0.358 e. The van der Waals surface area contributed by atoms with Crippen molar-refractivity contribution in [2.45, 2.75) is 40.7 Å². The molecule has 0 atom stereocenters. The van der Waals surface area contributed by atoms with Crippen molar-refractivity contribution in [3.63, 3.8) is 0 Å². The van der Waals surface area contributed by atoms with Crippen molar-refractivity contribution in [2.75, 3.05) is 19.1 Å². The van der Waals surface area contributed by atoms with E-state index in [0.717, 1.165) is 45.5 Å². The molecular weight excluding hydrogens is 444 g/mol. The number of benzene rings is 1. The van der Waals surface area contributed by atoms with Crippen molar-refractivity contribution in [1.29, 1.82) is 0 Å². The van der Waals surface area contributed by atoms with Crippen molar-refractivity contribution < 1.29 is 14.3 Å². The number of hydrogen-bond acceptors (Lipinski definition) is 7. The number of carbonyl (C=O) groups excluding carboxylic acids is 2. The van der Waals surface area contributed by atoms with E-state index in [1.807, 2.05) is 52.0 Å². The molecule has 4 rings (SSSR count). The number of ether oxygens (including phenoxy) is 1. The van der Waals surface area contributed by atoms with Crippen LogP contribution in [0.4, 0.5) is 5.69 Å². The minimum Gasteiger partial charge on any atom is -0.464 e. The number of methoxy groups -OCH3 is 1. The number of esters is 1. The zero-order chi connectivity index (χ0) is 25.3. The largest absolute Gasteiger partial charge is 0.464 e. The standard InChI is InChI=1S/C26H28N6O3/c1-7-10-32-22(13-19(30-32)26(34)35-6)25(33)31(5)21-9-8-18(12-15(21)2)24-27-14-20-23(29-24)16(3)11-17(4)28-20/h8-9,11-14H,7,10H2,1-6H3. The third kappa shape index (κ3) is 4.62. The molecule has 0 N–H and O–H groups in total. The number of anilines is 1. The van der Waals surface area contributed by atoms with Gasteiger partial charge in [-0.05, 0) is 62.6 Å². The SMILES string of the molecule is CCCn1nc(C(=O)OC)cc1C(=O)N(C)c1ccc(-c2ncc3nc(C)cc(C)c3n2)cc1C. The molecule has 0 aliphatic rings. The second-order valence-corrected chi connectivity index (χ2v) is 8.50. The van der Waals surface area contributed by atoms with Crippen LogP contribution >= 0.6 is 0 Å². The molecule has 0 fully saturated rings. The van der Waals surface area contributed by atoms with E-state index in [9.17, 15) is 9.59 Å². The molecule has 3 aromatic heterocycles. The maximum atomic E-state index is 13.4. The quantitative estimate of drug-likeness (QED) is 0.386. The van der Waals surface area contributed by atoms with Gasteiger partial charge in [-0.25, -0.2) is 19.7 Å². The summed E-state index contributed by atoms with van der Waals surface area (Å²) in [7, 11) is 2.99. The fourth-order valence-corrected chi connectivity index (χ4v) is 4.12. The molecule has 180 valence electrons. The summed E-state index contributed by atoms with van der Waals surface area (Å²) in [5.41, 5.74) is 6.46. The molecule has 0 aliphatic carbocycles. The highest BCUT2D eigenvalue weighted by Crippen LogP contribution is 2.27. The number of aryl methyl sites for hydroxylation is 4. The van der Waals surface area contributed by atoms with Crippen LogP contribution in [0.15, 0.2) is 36.5 Å². The highest BCUT2D eigenvalue weighted by atomic mass is 16.5. The molecule has 3 heterocycles. The van der Waals surface area contributed by atoms with Gasteiger partial charge in [0.05, 0.1) is 18.8 Å². The average Bonchev–Trinajstić information content (AvgIpc) is 3.26. The van der Waals surface area contributed by atoms with E-state index in [1.165, 1.54) is 13.2 Å². The second-order valence-electron chi connectivity index (χ2n) is 8.50. The molecule has 0 spiro atoms. The number of amides is 1. The number of nitrogens with zero attached hydrogens (tertiary/aromatic N) is 6. The molecule has 0 radical (unpaired) electrons. The van der Waals surface area contributed by atoms with Gasteiger partial charge in [0.15, 0.2) is 11.5 Å². The predicted octanol–water partition coefficient (Wildman–Crippen LogP) is 4.29. The Morgan fingerprint density at radius 3 is 2.51 bits per heavy atom. The van der Waals surface area contributed by atoms with Crippen LogP contribution in [-0.4, -0.2) is 50.8 Å². The first kappa shape index (κ1) is 24.0. The van der Waals surface area contributed by atoms with Gasteiger partial charge in [-0.15, -0.1) is 0 Å². The van der Waals surface area contributed by atoms with Gasteiger partial charge in [0, 0.05) is 36.6 Å². The van der Waals surface area contributed by atoms with E-state index in [1.54, 1.807) is 22.8 Å². The lowest BCUT2D eigenvalue weighted by Crippen LogP contribution is -2.29. The van der Waals surface area contributed by atoms with Crippen LogP contribution in [0.25, 0.3) is 22.4 Å². The Hall–Kier alpha value is -4.14. The molecule has 35 heavy (non-hydrogen) atoms. The van der Waals surface area contributed by atoms with Gasteiger partial charge in [0.2, 0.25) is 0 Å². The van der Waals surface area contributed by atoms with E-state index >= 15 is 0 Å². The molecule has 1 aromatic carbocycles. The Kier molecular flexibility index (Phi) is 6.59.